The molecule has 2 aromatic rings. The van der Waals surface area contributed by atoms with Crippen LogP contribution >= 0.6 is 15.9 Å². The summed E-state index contributed by atoms with van der Waals surface area (Å²) in [5.41, 5.74) is 1.09. The minimum Gasteiger partial charge on any atom is -0.465 e. The van der Waals surface area contributed by atoms with Crippen LogP contribution in [0.3, 0.4) is 0 Å². The van der Waals surface area contributed by atoms with Gasteiger partial charge in [0.2, 0.25) is 0 Å². The monoisotopic (exact) mass is 362 g/mol. The van der Waals surface area contributed by atoms with Gasteiger partial charge in [-0.1, -0.05) is 36.4 Å². The van der Waals surface area contributed by atoms with E-state index < -0.39 is 11.9 Å². The molecule has 1 unspecified atom stereocenters. The number of ether oxygens (including phenoxy) is 1. The fraction of sp³-hybridized carbons (Fsp3) is 0.333. The van der Waals surface area contributed by atoms with E-state index in [1.807, 2.05) is 18.2 Å². The number of Topliss-reactive ketones (excluding diaryl/α,β-unsaturated/α-hetero) is 1. The van der Waals surface area contributed by atoms with E-state index in [4.69, 9.17) is 4.74 Å². The lowest BCUT2D eigenvalue weighted by atomic mass is 9.95. The van der Waals surface area contributed by atoms with Crippen molar-refractivity contribution in [2.75, 3.05) is 6.61 Å². The Bertz CT molecular complexity index is 694. The van der Waals surface area contributed by atoms with E-state index >= 15 is 0 Å². The molecule has 0 fully saturated rings. The Morgan fingerprint density at radius 2 is 1.91 bits per heavy atom. The molecule has 0 spiro atoms. The Hall–Kier alpha value is -1.68. The van der Waals surface area contributed by atoms with Crippen LogP contribution < -0.4 is 0 Å². The molecule has 0 aliphatic rings. The van der Waals surface area contributed by atoms with Crippen LogP contribution in [0.1, 0.15) is 25.8 Å². The van der Waals surface area contributed by atoms with Gasteiger partial charge in [-0.3, -0.25) is 9.59 Å². The van der Waals surface area contributed by atoms with E-state index in [0.717, 1.165) is 20.8 Å². The van der Waals surface area contributed by atoms with Crippen LogP contribution in [0.2, 0.25) is 0 Å². The van der Waals surface area contributed by atoms with Gasteiger partial charge in [0.05, 0.1) is 6.61 Å². The second kappa shape index (κ2) is 7.54. The highest BCUT2D eigenvalue weighted by molar-refractivity contribution is 9.10. The quantitative estimate of drug-likeness (QED) is 0.568. The van der Waals surface area contributed by atoms with Gasteiger partial charge in [0.25, 0.3) is 0 Å². The molecule has 0 amide bonds. The fourth-order valence-corrected chi connectivity index (χ4v) is 3.19. The summed E-state index contributed by atoms with van der Waals surface area (Å²) in [6, 6.07) is 12.2. The number of hydrogen-bond acceptors (Lipinski definition) is 3. The zero-order valence-corrected chi connectivity index (χ0v) is 14.4. The predicted octanol–water partition coefficient (Wildman–Crippen LogP) is 4.30. The molecule has 0 heterocycles. The van der Waals surface area contributed by atoms with E-state index in [-0.39, 0.29) is 5.78 Å². The topological polar surface area (TPSA) is 43.4 Å². The lowest BCUT2D eigenvalue weighted by Crippen LogP contribution is -2.25. The molecule has 1 atom stereocenters. The lowest BCUT2D eigenvalue weighted by molar-refractivity contribution is -0.151. The highest BCUT2D eigenvalue weighted by atomic mass is 79.9. The Balaban J connectivity index is 2.18. The third-order valence-electron chi connectivity index (χ3n) is 3.71. The first-order chi connectivity index (χ1) is 10.5. The minimum atomic E-state index is -0.682. The average molecular weight is 363 g/mol. The normalized spacial score (nSPS) is 12.1. The molecule has 0 radical (unpaired) electrons. The summed E-state index contributed by atoms with van der Waals surface area (Å²) < 4.78 is 6.01. The van der Waals surface area contributed by atoms with Gasteiger partial charge in [0.15, 0.2) is 0 Å². The summed E-state index contributed by atoms with van der Waals surface area (Å²) in [6.07, 6.45) is 1.11. The van der Waals surface area contributed by atoms with Crippen molar-refractivity contribution in [1.29, 1.82) is 0 Å². The molecule has 116 valence electrons. The molecule has 22 heavy (non-hydrogen) atoms. The average Bonchev–Trinajstić information content (AvgIpc) is 2.50. The summed E-state index contributed by atoms with van der Waals surface area (Å²) >= 11 is 3.64. The van der Waals surface area contributed by atoms with E-state index in [2.05, 4.69) is 34.1 Å². The molecule has 0 saturated carbocycles. The molecule has 0 bridgehead atoms. The molecule has 4 heteroatoms. The molecule has 2 aromatic carbocycles. The highest BCUT2D eigenvalue weighted by Gasteiger charge is 2.24. The summed E-state index contributed by atoms with van der Waals surface area (Å²) in [4.78, 5) is 23.5. The van der Waals surface area contributed by atoms with Crippen molar-refractivity contribution in [1.82, 2.24) is 0 Å². The van der Waals surface area contributed by atoms with Crippen molar-refractivity contribution >= 4 is 38.5 Å². The second-order valence-electron chi connectivity index (χ2n) is 5.21. The van der Waals surface area contributed by atoms with Gasteiger partial charge >= 0.3 is 5.97 Å². The molecule has 0 saturated heterocycles. The van der Waals surface area contributed by atoms with Crippen molar-refractivity contribution in [3.8, 4) is 0 Å². The van der Waals surface area contributed by atoms with Crippen molar-refractivity contribution in [3.63, 3.8) is 0 Å². The van der Waals surface area contributed by atoms with Crippen LogP contribution in [-0.4, -0.2) is 18.4 Å². The standard InChI is InChI=1S/C18H19BrO3/c1-3-22-18(21)15(12(2)20)11-10-14-9-8-13-6-4-5-7-16(13)17(14)19/h4-9,15H,3,10-11H2,1-2H3. The number of carbonyl (C=O) groups excluding carboxylic acids is 2. The Labute approximate surface area is 138 Å². The number of rotatable bonds is 6. The molecule has 2 rings (SSSR count). The Morgan fingerprint density at radius 1 is 1.18 bits per heavy atom. The van der Waals surface area contributed by atoms with Crippen molar-refractivity contribution in [2.45, 2.75) is 26.7 Å². The highest BCUT2D eigenvalue weighted by Crippen LogP contribution is 2.29. The van der Waals surface area contributed by atoms with E-state index in [9.17, 15) is 9.59 Å². The van der Waals surface area contributed by atoms with Gasteiger partial charge in [-0.2, -0.15) is 0 Å². The molecule has 0 aliphatic heterocycles. The van der Waals surface area contributed by atoms with Gasteiger partial charge in [-0.05, 0) is 59.0 Å². The number of halogens is 1. The first-order valence-electron chi connectivity index (χ1n) is 7.37. The number of hydrogen-bond donors (Lipinski definition) is 0. The number of fused-ring (bicyclic) bond motifs is 1. The Kier molecular flexibility index (Phi) is 5.72. The third-order valence-corrected chi connectivity index (χ3v) is 4.64. The number of carbonyl (C=O) groups is 2. The number of ketones is 1. The van der Waals surface area contributed by atoms with E-state index in [1.165, 1.54) is 6.92 Å². The first kappa shape index (κ1) is 16.7. The number of aryl methyl sites for hydroxylation is 1. The molecule has 0 N–H and O–H groups in total. The third kappa shape index (κ3) is 3.74. The smallest absolute Gasteiger partial charge is 0.316 e. The van der Waals surface area contributed by atoms with Crippen LogP contribution in [0.4, 0.5) is 0 Å². The minimum absolute atomic E-state index is 0.143. The summed E-state index contributed by atoms with van der Waals surface area (Å²) in [5.74, 6) is -1.25. The first-order valence-corrected chi connectivity index (χ1v) is 8.17. The lowest BCUT2D eigenvalue weighted by Gasteiger charge is -2.14. The SMILES string of the molecule is CCOC(=O)C(CCc1ccc2ccccc2c1Br)C(C)=O. The van der Waals surface area contributed by atoms with Gasteiger partial charge in [0.1, 0.15) is 11.7 Å². The molecule has 0 aromatic heterocycles. The molecular weight excluding hydrogens is 344 g/mol. The van der Waals surface area contributed by atoms with E-state index in [1.54, 1.807) is 6.92 Å². The maximum absolute atomic E-state index is 11.8. The van der Waals surface area contributed by atoms with Crippen molar-refractivity contribution in [2.24, 2.45) is 5.92 Å². The number of benzene rings is 2. The molecule has 3 nitrogen and oxygen atoms in total. The van der Waals surface area contributed by atoms with Gasteiger partial charge in [0, 0.05) is 4.47 Å². The summed E-state index contributed by atoms with van der Waals surface area (Å²) in [6.45, 7) is 3.48. The van der Waals surface area contributed by atoms with Crippen LogP contribution in [0, 0.1) is 5.92 Å². The van der Waals surface area contributed by atoms with Crippen LogP contribution in [-0.2, 0) is 20.7 Å². The van der Waals surface area contributed by atoms with Crippen molar-refractivity contribution < 1.29 is 14.3 Å². The van der Waals surface area contributed by atoms with Crippen molar-refractivity contribution in [3.05, 3.63) is 46.4 Å². The fourth-order valence-electron chi connectivity index (χ4n) is 2.50. The Morgan fingerprint density at radius 3 is 2.59 bits per heavy atom. The number of esters is 1. The second-order valence-corrected chi connectivity index (χ2v) is 6.01. The van der Waals surface area contributed by atoms with Gasteiger partial charge < -0.3 is 4.74 Å². The largest absolute Gasteiger partial charge is 0.465 e. The summed E-state index contributed by atoms with van der Waals surface area (Å²) in [5, 5.41) is 2.29. The van der Waals surface area contributed by atoms with Crippen LogP contribution in [0.5, 0.6) is 0 Å². The molecule has 0 aliphatic carbocycles. The maximum Gasteiger partial charge on any atom is 0.316 e. The van der Waals surface area contributed by atoms with Gasteiger partial charge in [-0.15, -0.1) is 0 Å². The molecular formula is C18H19BrO3. The van der Waals surface area contributed by atoms with Crippen LogP contribution in [0.15, 0.2) is 40.9 Å². The van der Waals surface area contributed by atoms with Crippen LogP contribution in [0.25, 0.3) is 10.8 Å². The zero-order chi connectivity index (χ0) is 16.1. The maximum atomic E-state index is 11.8. The van der Waals surface area contributed by atoms with E-state index in [0.29, 0.717) is 19.4 Å². The zero-order valence-electron chi connectivity index (χ0n) is 12.8. The predicted molar refractivity (Wildman–Crippen MR) is 90.8 cm³/mol. The summed E-state index contributed by atoms with van der Waals surface area (Å²) in [7, 11) is 0. The van der Waals surface area contributed by atoms with Gasteiger partial charge in [-0.25, -0.2) is 0 Å².